The van der Waals surface area contributed by atoms with Crippen LogP contribution < -0.4 is 14.4 Å². The standard InChI is InChI=1S/C18H20F2N2O4S/c1-26-15-8-5-13(6-9-15)21-18(23)4-3-11-22(27(2,24)25)14-7-10-16(19)17(20)12-14/h5-10,12H,3-4,11H2,1-2H3,(H,21,23). The number of carbonyl (C=O) groups excluding carboxylic acids is 1. The summed E-state index contributed by atoms with van der Waals surface area (Å²) in [4.78, 5) is 12.0. The molecule has 0 aromatic heterocycles. The number of carbonyl (C=O) groups is 1. The monoisotopic (exact) mass is 398 g/mol. The second-order valence-electron chi connectivity index (χ2n) is 5.81. The van der Waals surface area contributed by atoms with E-state index in [9.17, 15) is 22.0 Å². The molecule has 0 aliphatic carbocycles. The molecule has 2 rings (SSSR count). The molecule has 0 aliphatic heterocycles. The van der Waals surface area contributed by atoms with Crippen LogP contribution in [0.2, 0.25) is 0 Å². The van der Waals surface area contributed by atoms with Gasteiger partial charge in [0.05, 0.1) is 19.1 Å². The van der Waals surface area contributed by atoms with Crippen LogP contribution in [-0.4, -0.2) is 34.2 Å². The lowest BCUT2D eigenvalue weighted by atomic mass is 10.2. The Kier molecular flexibility index (Phi) is 6.73. The molecule has 146 valence electrons. The molecule has 0 spiro atoms. The number of methoxy groups -OCH3 is 1. The molecule has 0 saturated heterocycles. The van der Waals surface area contributed by atoms with Gasteiger partial charge in [-0.15, -0.1) is 0 Å². The maximum atomic E-state index is 13.4. The van der Waals surface area contributed by atoms with Gasteiger partial charge in [-0.3, -0.25) is 9.10 Å². The first-order valence-electron chi connectivity index (χ1n) is 8.07. The molecule has 0 heterocycles. The first-order valence-corrected chi connectivity index (χ1v) is 9.92. The smallest absolute Gasteiger partial charge is 0.232 e. The molecule has 9 heteroatoms. The van der Waals surface area contributed by atoms with Crippen LogP contribution in [0.25, 0.3) is 0 Å². The van der Waals surface area contributed by atoms with Crippen LogP contribution in [0.15, 0.2) is 42.5 Å². The molecule has 1 N–H and O–H groups in total. The molecule has 6 nitrogen and oxygen atoms in total. The molecule has 1 amide bonds. The predicted octanol–water partition coefficient (Wildman–Crippen LogP) is 3.16. The Morgan fingerprint density at radius 3 is 2.33 bits per heavy atom. The minimum absolute atomic E-state index is 0.00645. The average molecular weight is 398 g/mol. The van der Waals surface area contributed by atoms with Crippen LogP contribution in [0, 0.1) is 11.6 Å². The van der Waals surface area contributed by atoms with Crippen molar-refractivity contribution in [1.82, 2.24) is 0 Å². The number of amides is 1. The van der Waals surface area contributed by atoms with Crippen LogP contribution >= 0.6 is 0 Å². The minimum Gasteiger partial charge on any atom is -0.497 e. The molecular formula is C18H20F2N2O4S. The predicted molar refractivity (Wildman–Crippen MR) is 99.4 cm³/mol. The van der Waals surface area contributed by atoms with Crippen LogP contribution in [0.1, 0.15) is 12.8 Å². The summed E-state index contributed by atoms with van der Waals surface area (Å²) in [6.45, 7) is -0.0417. The third-order valence-corrected chi connectivity index (χ3v) is 4.92. The van der Waals surface area contributed by atoms with Gasteiger partial charge in [-0.05, 0) is 42.8 Å². The van der Waals surface area contributed by atoms with Gasteiger partial charge in [0.25, 0.3) is 0 Å². The lowest BCUT2D eigenvalue weighted by Gasteiger charge is -2.22. The summed E-state index contributed by atoms with van der Waals surface area (Å²) >= 11 is 0. The Balaban J connectivity index is 1.96. The number of sulfonamides is 1. The van der Waals surface area contributed by atoms with Crippen LogP contribution in [0.5, 0.6) is 5.75 Å². The molecule has 0 fully saturated rings. The van der Waals surface area contributed by atoms with Crippen molar-refractivity contribution in [2.75, 3.05) is 29.5 Å². The van der Waals surface area contributed by atoms with E-state index >= 15 is 0 Å². The van der Waals surface area contributed by atoms with E-state index in [0.717, 1.165) is 22.7 Å². The van der Waals surface area contributed by atoms with Gasteiger partial charge in [-0.1, -0.05) is 0 Å². The molecule has 0 saturated carbocycles. The summed E-state index contributed by atoms with van der Waals surface area (Å²) in [5, 5.41) is 2.69. The van der Waals surface area contributed by atoms with Crippen molar-refractivity contribution in [3.05, 3.63) is 54.1 Å². The molecule has 2 aromatic rings. The maximum absolute atomic E-state index is 13.4. The van der Waals surface area contributed by atoms with Gasteiger partial charge in [-0.2, -0.15) is 0 Å². The Labute approximate surface area is 156 Å². The van der Waals surface area contributed by atoms with Gasteiger partial charge in [0.15, 0.2) is 11.6 Å². The van der Waals surface area contributed by atoms with Gasteiger partial charge in [0, 0.05) is 24.7 Å². The average Bonchev–Trinajstić information content (AvgIpc) is 2.61. The van der Waals surface area contributed by atoms with E-state index < -0.39 is 21.7 Å². The van der Waals surface area contributed by atoms with Crippen molar-refractivity contribution in [2.45, 2.75) is 12.8 Å². The zero-order chi connectivity index (χ0) is 20.0. The summed E-state index contributed by atoms with van der Waals surface area (Å²) in [6.07, 6.45) is 1.22. The van der Waals surface area contributed by atoms with Crippen molar-refractivity contribution >= 4 is 27.3 Å². The van der Waals surface area contributed by atoms with E-state index in [0.29, 0.717) is 11.4 Å². The number of nitrogens with zero attached hydrogens (tertiary/aromatic N) is 1. The molecule has 2 aromatic carbocycles. The van der Waals surface area contributed by atoms with Crippen LogP contribution in [0.4, 0.5) is 20.2 Å². The number of anilines is 2. The maximum Gasteiger partial charge on any atom is 0.232 e. The SMILES string of the molecule is COc1ccc(NC(=O)CCCN(c2ccc(F)c(F)c2)S(C)(=O)=O)cc1. The fourth-order valence-electron chi connectivity index (χ4n) is 2.41. The molecule has 27 heavy (non-hydrogen) atoms. The third-order valence-electron chi connectivity index (χ3n) is 3.73. The van der Waals surface area contributed by atoms with Crippen molar-refractivity contribution in [3.8, 4) is 5.75 Å². The lowest BCUT2D eigenvalue weighted by molar-refractivity contribution is -0.116. The van der Waals surface area contributed by atoms with E-state index in [1.807, 2.05) is 0 Å². The third kappa shape index (κ3) is 5.92. The molecule has 0 radical (unpaired) electrons. The summed E-state index contributed by atoms with van der Waals surface area (Å²) in [5.74, 6) is -1.84. The summed E-state index contributed by atoms with van der Waals surface area (Å²) in [5.41, 5.74) is 0.591. The van der Waals surface area contributed by atoms with Gasteiger partial charge < -0.3 is 10.1 Å². The first kappa shape index (κ1) is 20.6. The van der Waals surface area contributed by atoms with Crippen molar-refractivity contribution in [3.63, 3.8) is 0 Å². The van der Waals surface area contributed by atoms with Gasteiger partial charge in [0.1, 0.15) is 5.75 Å². The van der Waals surface area contributed by atoms with E-state index in [1.54, 1.807) is 24.3 Å². The van der Waals surface area contributed by atoms with Crippen molar-refractivity contribution < 1.29 is 26.7 Å². The molecule has 0 atom stereocenters. The Hall–Kier alpha value is -2.68. The summed E-state index contributed by atoms with van der Waals surface area (Å²) in [7, 11) is -2.18. The topological polar surface area (TPSA) is 75.7 Å². The van der Waals surface area contributed by atoms with E-state index in [2.05, 4.69) is 5.32 Å². The van der Waals surface area contributed by atoms with Gasteiger partial charge >= 0.3 is 0 Å². The van der Waals surface area contributed by atoms with Crippen molar-refractivity contribution in [1.29, 1.82) is 0 Å². The van der Waals surface area contributed by atoms with E-state index in [1.165, 1.54) is 13.2 Å². The van der Waals surface area contributed by atoms with Gasteiger partial charge in [-0.25, -0.2) is 17.2 Å². The second kappa shape index (κ2) is 8.81. The molecule has 0 unspecified atom stereocenters. The van der Waals surface area contributed by atoms with E-state index in [4.69, 9.17) is 4.74 Å². The Morgan fingerprint density at radius 1 is 1.11 bits per heavy atom. The highest BCUT2D eigenvalue weighted by atomic mass is 32.2. The summed E-state index contributed by atoms with van der Waals surface area (Å²) < 4.78 is 56.3. The van der Waals surface area contributed by atoms with Crippen LogP contribution in [-0.2, 0) is 14.8 Å². The van der Waals surface area contributed by atoms with Crippen LogP contribution in [0.3, 0.4) is 0 Å². The molecular weight excluding hydrogens is 378 g/mol. The highest BCUT2D eigenvalue weighted by Crippen LogP contribution is 2.21. The highest BCUT2D eigenvalue weighted by Gasteiger charge is 2.19. The molecule has 0 aliphatic rings. The summed E-state index contributed by atoms with van der Waals surface area (Å²) in [6, 6.07) is 9.61. The zero-order valence-electron chi connectivity index (χ0n) is 14.9. The molecule has 0 bridgehead atoms. The largest absolute Gasteiger partial charge is 0.497 e. The fraction of sp³-hybridized carbons (Fsp3) is 0.278. The van der Waals surface area contributed by atoms with E-state index in [-0.39, 0.29) is 31.0 Å². The quantitative estimate of drug-likeness (QED) is 0.741. The number of ether oxygens (including phenoxy) is 1. The van der Waals surface area contributed by atoms with Gasteiger partial charge in [0.2, 0.25) is 15.9 Å². The normalized spacial score (nSPS) is 11.1. The Bertz CT molecular complexity index is 902. The zero-order valence-corrected chi connectivity index (χ0v) is 15.7. The number of hydrogen-bond acceptors (Lipinski definition) is 4. The lowest BCUT2D eigenvalue weighted by Crippen LogP contribution is -2.31. The highest BCUT2D eigenvalue weighted by molar-refractivity contribution is 7.92. The number of rotatable bonds is 8. The number of halogens is 2. The fourth-order valence-corrected chi connectivity index (χ4v) is 3.36. The minimum atomic E-state index is -3.71. The number of nitrogens with one attached hydrogen (secondary N) is 1. The first-order chi connectivity index (χ1) is 12.7. The Morgan fingerprint density at radius 2 is 1.78 bits per heavy atom. The number of hydrogen-bond donors (Lipinski definition) is 1. The second-order valence-corrected chi connectivity index (χ2v) is 7.72. The van der Waals surface area contributed by atoms with Crippen molar-refractivity contribution in [2.24, 2.45) is 0 Å². The number of benzene rings is 2.